The van der Waals surface area contributed by atoms with Gasteiger partial charge >= 0.3 is 0 Å². The van der Waals surface area contributed by atoms with Gasteiger partial charge in [0.15, 0.2) is 0 Å². The van der Waals surface area contributed by atoms with E-state index in [1.807, 2.05) is 11.6 Å². The summed E-state index contributed by atoms with van der Waals surface area (Å²) in [7, 11) is 0. The van der Waals surface area contributed by atoms with E-state index in [2.05, 4.69) is 39.8 Å². The summed E-state index contributed by atoms with van der Waals surface area (Å²) in [6, 6.07) is 0. The summed E-state index contributed by atoms with van der Waals surface area (Å²) in [5, 5.41) is 6.26. The van der Waals surface area contributed by atoms with E-state index in [1.54, 1.807) is 0 Å². The van der Waals surface area contributed by atoms with Gasteiger partial charge in [-0.15, -0.1) is 0 Å². The van der Waals surface area contributed by atoms with E-state index in [-0.39, 0.29) is 0 Å². The molecule has 17 heavy (non-hydrogen) atoms. The second-order valence-electron chi connectivity index (χ2n) is 4.13. The van der Waals surface area contributed by atoms with Crippen molar-refractivity contribution in [1.82, 2.24) is 14.7 Å². The number of aromatic nitrogens is 2. The van der Waals surface area contributed by atoms with E-state index in [1.165, 1.54) is 0 Å². The molecular weight excluding hydrogens is 302 g/mol. The van der Waals surface area contributed by atoms with Gasteiger partial charge in [0.25, 0.3) is 0 Å². The first-order valence-corrected chi connectivity index (χ1v) is 7.64. The van der Waals surface area contributed by atoms with E-state index >= 15 is 0 Å². The van der Waals surface area contributed by atoms with E-state index in [4.69, 9.17) is 11.6 Å². The minimum absolute atomic E-state index is 0.822. The Morgan fingerprint density at radius 2 is 2.06 bits per heavy atom. The van der Waals surface area contributed by atoms with Gasteiger partial charge in [-0.05, 0) is 26.8 Å². The van der Waals surface area contributed by atoms with Crippen LogP contribution in [0.4, 0.5) is 0 Å². The predicted octanol–water partition coefficient (Wildman–Crippen LogP) is 3.47. The molecule has 0 amide bonds. The molecule has 0 aliphatic rings. The normalized spacial score (nSPS) is 11.4. The number of halogens is 2. The van der Waals surface area contributed by atoms with Crippen molar-refractivity contribution in [2.45, 2.75) is 40.3 Å². The summed E-state index contributed by atoms with van der Waals surface area (Å²) in [6.07, 6.45) is 1.16. The maximum atomic E-state index is 6.32. The molecule has 0 aliphatic carbocycles. The lowest BCUT2D eigenvalue weighted by molar-refractivity contribution is 0.274. The zero-order valence-corrected chi connectivity index (χ0v) is 13.2. The van der Waals surface area contributed by atoms with Gasteiger partial charge in [-0.3, -0.25) is 9.58 Å². The van der Waals surface area contributed by atoms with Gasteiger partial charge in [-0.2, -0.15) is 5.10 Å². The molecule has 98 valence electrons. The largest absolute Gasteiger partial charge is 0.297 e. The number of nitrogens with zero attached hydrogens (tertiary/aromatic N) is 3. The Morgan fingerprint density at radius 1 is 1.35 bits per heavy atom. The molecule has 0 N–H and O–H groups in total. The summed E-state index contributed by atoms with van der Waals surface area (Å²) < 4.78 is 2.01. The topological polar surface area (TPSA) is 21.1 Å². The maximum Gasteiger partial charge on any atom is 0.0860 e. The van der Waals surface area contributed by atoms with Crippen LogP contribution in [0.5, 0.6) is 0 Å². The van der Waals surface area contributed by atoms with Crippen molar-refractivity contribution in [1.29, 1.82) is 0 Å². The molecule has 0 radical (unpaired) electrons. The average molecular weight is 323 g/mol. The first-order valence-electron chi connectivity index (χ1n) is 6.14. The molecular formula is C12H21BrClN3. The van der Waals surface area contributed by atoms with Crippen LogP contribution in [0.25, 0.3) is 0 Å². The maximum absolute atomic E-state index is 6.32. The molecule has 1 rings (SSSR count). The van der Waals surface area contributed by atoms with E-state index in [0.717, 1.165) is 54.3 Å². The summed E-state index contributed by atoms with van der Waals surface area (Å²) in [6.45, 7) is 10.1. The third-order valence-corrected chi connectivity index (χ3v) is 3.61. The number of hydrogen-bond acceptors (Lipinski definition) is 2. The number of alkyl halides is 1. The molecule has 0 saturated heterocycles. The van der Waals surface area contributed by atoms with Gasteiger partial charge in [0.05, 0.1) is 16.4 Å². The fourth-order valence-electron chi connectivity index (χ4n) is 1.94. The highest BCUT2D eigenvalue weighted by Gasteiger charge is 2.15. The van der Waals surface area contributed by atoms with Crippen LogP contribution >= 0.6 is 27.5 Å². The molecule has 0 aromatic carbocycles. The predicted molar refractivity (Wildman–Crippen MR) is 77.0 cm³/mol. The Bertz CT molecular complexity index is 346. The molecule has 0 unspecified atom stereocenters. The average Bonchev–Trinajstić information content (AvgIpc) is 2.57. The van der Waals surface area contributed by atoms with Crippen LogP contribution in [0.3, 0.4) is 0 Å². The Morgan fingerprint density at radius 3 is 2.59 bits per heavy atom. The van der Waals surface area contributed by atoms with Crippen LogP contribution in [0, 0.1) is 6.92 Å². The van der Waals surface area contributed by atoms with Gasteiger partial charge in [0.1, 0.15) is 0 Å². The van der Waals surface area contributed by atoms with Crippen LogP contribution in [-0.4, -0.2) is 33.1 Å². The van der Waals surface area contributed by atoms with E-state index in [0.29, 0.717) is 0 Å². The van der Waals surface area contributed by atoms with Crippen molar-refractivity contribution in [2.75, 3.05) is 18.4 Å². The molecule has 5 heteroatoms. The van der Waals surface area contributed by atoms with Gasteiger partial charge in [-0.25, -0.2) is 0 Å². The number of hydrogen-bond donors (Lipinski definition) is 0. The third-order valence-electron chi connectivity index (χ3n) is 2.77. The highest BCUT2D eigenvalue weighted by molar-refractivity contribution is 9.09. The van der Waals surface area contributed by atoms with Crippen molar-refractivity contribution >= 4 is 27.5 Å². The summed E-state index contributed by atoms with van der Waals surface area (Å²) >= 11 is 9.81. The Labute approximate surface area is 117 Å². The van der Waals surface area contributed by atoms with E-state index < -0.39 is 0 Å². The minimum atomic E-state index is 0.822. The van der Waals surface area contributed by atoms with Crippen LogP contribution in [0.2, 0.25) is 5.02 Å². The summed E-state index contributed by atoms with van der Waals surface area (Å²) in [4.78, 5) is 2.41. The van der Waals surface area contributed by atoms with Crippen molar-refractivity contribution in [3.63, 3.8) is 0 Å². The highest BCUT2D eigenvalue weighted by atomic mass is 79.9. The van der Waals surface area contributed by atoms with Gasteiger partial charge in [0.2, 0.25) is 0 Å². The molecule has 0 saturated carbocycles. The number of rotatable bonds is 7. The molecule has 0 aliphatic heterocycles. The Kier molecular flexibility index (Phi) is 6.52. The molecule has 0 bridgehead atoms. The van der Waals surface area contributed by atoms with Crippen molar-refractivity contribution in [2.24, 2.45) is 0 Å². The van der Waals surface area contributed by atoms with Crippen LogP contribution in [0.15, 0.2) is 0 Å². The SMILES string of the molecule is CCCN(CCBr)Cc1c(Cl)c(C)nn1CC. The lowest BCUT2D eigenvalue weighted by Gasteiger charge is -2.21. The summed E-state index contributed by atoms with van der Waals surface area (Å²) in [5.74, 6) is 0. The smallest absolute Gasteiger partial charge is 0.0860 e. The Balaban J connectivity index is 2.83. The van der Waals surface area contributed by atoms with Crippen LogP contribution in [0.1, 0.15) is 31.7 Å². The summed E-state index contributed by atoms with van der Waals surface area (Å²) in [5.41, 5.74) is 2.07. The first-order chi connectivity index (χ1) is 8.13. The fourth-order valence-corrected chi connectivity index (χ4v) is 2.63. The van der Waals surface area contributed by atoms with Gasteiger partial charge < -0.3 is 0 Å². The lowest BCUT2D eigenvalue weighted by atomic mass is 10.3. The fraction of sp³-hybridized carbons (Fsp3) is 0.750. The number of aryl methyl sites for hydroxylation is 2. The zero-order valence-electron chi connectivity index (χ0n) is 10.8. The minimum Gasteiger partial charge on any atom is -0.297 e. The molecule has 1 aromatic heterocycles. The van der Waals surface area contributed by atoms with Crippen LogP contribution in [-0.2, 0) is 13.1 Å². The second kappa shape index (κ2) is 7.39. The molecule has 0 spiro atoms. The Hall–Kier alpha value is -0.0600. The highest BCUT2D eigenvalue weighted by Crippen LogP contribution is 2.21. The standard InChI is InChI=1S/C12H21BrClN3/c1-4-7-16(8-6-13)9-11-12(14)10(3)15-17(11)5-2/h4-9H2,1-3H3. The molecule has 1 heterocycles. The molecule has 3 nitrogen and oxygen atoms in total. The van der Waals surface area contributed by atoms with Crippen molar-refractivity contribution in [3.05, 3.63) is 16.4 Å². The van der Waals surface area contributed by atoms with Crippen LogP contribution < -0.4 is 0 Å². The van der Waals surface area contributed by atoms with E-state index in [9.17, 15) is 0 Å². The monoisotopic (exact) mass is 321 g/mol. The van der Waals surface area contributed by atoms with Gasteiger partial charge in [-0.1, -0.05) is 34.5 Å². The first kappa shape index (κ1) is 15.0. The lowest BCUT2D eigenvalue weighted by Crippen LogP contribution is -2.27. The van der Waals surface area contributed by atoms with Crippen molar-refractivity contribution < 1.29 is 0 Å². The molecule has 0 fully saturated rings. The molecule has 0 atom stereocenters. The van der Waals surface area contributed by atoms with Gasteiger partial charge in [0, 0.05) is 25.0 Å². The third kappa shape index (κ3) is 3.97. The zero-order chi connectivity index (χ0) is 12.8. The second-order valence-corrected chi connectivity index (χ2v) is 5.30. The molecule has 1 aromatic rings. The quantitative estimate of drug-likeness (QED) is 0.717. The van der Waals surface area contributed by atoms with Crippen molar-refractivity contribution in [3.8, 4) is 0 Å².